The maximum Gasteiger partial charge on any atom is 0.108 e. The average Bonchev–Trinajstić information content (AvgIpc) is 1.98. The van der Waals surface area contributed by atoms with E-state index in [2.05, 4.69) is 12.2 Å². The lowest BCUT2D eigenvalue weighted by Crippen LogP contribution is -2.22. The summed E-state index contributed by atoms with van der Waals surface area (Å²) in [6.07, 6.45) is 5.63. The van der Waals surface area contributed by atoms with Crippen LogP contribution in [-0.2, 0) is 0 Å². The molecule has 0 amide bonds. The average molecular weight is 145 g/mol. The van der Waals surface area contributed by atoms with Gasteiger partial charge in [-0.2, -0.15) is 0 Å². The highest BCUT2D eigenvalue weighted by atomic mass is 19.1. The Bertz CT molecular complexity index is 91.3. The van der Waals surface area contributed by atoms with Crippen LogP contribution in [0.1, 0.15) is 19.8 Å². The molecule has 0 unspecified atom stereocenters. The Labute approximate surface area is 62.3 Å². The Morgan fingerprint density at radius 3 is 2.70 bits per heavy atom. The van der Waals surface area contributed by atoms with Crippen LogP contribution in [0.15, 0.2) is 12.2 Å². The first kappa shape index (κ1) is 9.63. The van der Waals surface area contributed by atoms with E-state index in [1.54, 1.807) is 6.08 Å². The second kappa shape index (κ2) is 6.75. The van der Waals surface area contributed by atoms with Gasteiger partial charge in [-0.05, 0) is 13.5 Å². The van der Waals surface area contributed by atoms with E-state index in [9.17, 15) is 4.39 Å². The van der Waals surface area contributed by atoms with Crippen molar-refractivity contribution in [1.82, 2.24) is 5.32 Å². The number of likely N-dealkylation sites (N-methyl/N-ethyl adjacent to an activating group) is 1. The molecule has 0 spiro atoms. The monoisotopic (exact) mass is 145 g/mol. The molecule has 0 aromatic heterocycles. The van der Waals surface area contributed by atoms with Crippen molar-refractivity contribution in [3.63, 3.8) is 0 Å². The van der Waals surface area contributed by atoms with Gasteiger partial charge in [-0.3, -0.25) is 0 Å². The highest BCUT2D eigenvalue weighted by Gasteiger charge is 1.96. The molecule has 60 valence electrons. The van der Waals surface area contributed by atoms with Crippen LogP contribution in [0, 0.1) is 0 Å². The zero-order valence-corrected chi connectivity index (χ0v) is 6.73. The Morgan fingerprint density at radius 1 is 1.60 bits per heavy atom. The fraction of sp³-hybridized carbons (Fsp3) is 0.750. The fourth-order valence-electron chi connectivity index (χ4n) is 0.863. The van der Waals surface area contributed by atoms with Gasteiger partial charge in [0.2, 0.25) is 0 Å². The SMILES string of the molecule is CCC[C@@H](/C=C/CF)NC. The highest BCUT2D eigenvalue weighted by molar-refractivity contribution is 4.91. The topological polar surface area (TPSA) is 12.0 Å². The molecule has 0 fully saturated rings. The van der Waals surface area contributed by atoms with E-state index >= 15 is 0 Å². The van der Waals surface area contributed by atoms with Crippen molar-refractivity contribution >= 4 is 0 Å². The van der Waals surface area contributed by atoms with Crippen LogP contribution in [0.4, 0.5) is 4.39 Å². The minimum Gasteiger partial charge on any atom is -0.314 e. The van der Waals surface area contributed by atoms with E-state index in [4.69, 9.17) is 0 Å². The molecule has 0 aliphatic carbocycles. The van der Waals surface area contributed by atoms with Gasteiger partial charge in [-0.1, -0.05) is 25.5 Å². The summed E-state index contributed by atoms with van der Waals surface area (Å²) in [4.78, 5) is 0. The molecular weight excluding hydrogens is 129 g/mol. The molecule has 1 nitrogen and oxygen atoms in total. The molecule has 2 heteroatoms. The van der Waals surface area contributed by atoms with Crippen LogP contribution in [0.3, 0.4) is 0 Å². The first-order valence-corrected chi connectivity index (χ1v) is 3.75. The van der Waals surface area contributed by atoms with Gasteiger partial charge in [0.05, 0.1) is 0 Å². The van der Waals surface area contributed by atoms with Gasteiger partial charge in [0.25, 0.3) is 0 Å². The smallest absolute Gasteiger partial charge is 0.108 e. The van der Waals surface area contributed by atoms with Crippen molar-refractivity contribution < 1.29 is 4.39 Å². The van der Waals surface area contributed by atoms with Crippen LogP contribution >= 0.6 is 0 Å². The summed E-state index contributed by atoms with van der Waals surface area (Å²) in [5.74, 6) is 0. The van der Waals surface area contributed by atoms with Gasteiger partial charge >= 0.3 is 0 Å². The summed E-state index contributed by atoms with van der Waals surface area (Å²) < 4.78 is 11.6. The number of halogens is 1. The Kier molecular flexibility index (Phi) is 6.50. The van der Waals surface area contributed by atoms with Crippen LogP contribution < -0.4 is 5.32 Å². The number of nitrogens with one attached hydrogen (secondary N) is 1. The standard InChI is InChI=1S/C8H16FN/c1-3-5-8(10-2)6-4-7-9/h4,6,8,10H,3,5,7H2,1-2H3/b6-4+/t8-/m0/s1. The molecular formula is C8H16FN. The van der Waals surface area contributed by atoms with Crippen LogP contribution in [0.2, 0.25) is 0 Å². The molecule has 0 rings (SSSR count). The van der Waals surface area contributed by atoms with Crippen molar-refractivity contribution in [3.8, 4) is 0 Å². The maximum atomic E-state index is 11.6. The summed E-state index contributed by atoms with van der Waals surface area (Å²) in [5, 5.41) is 3.08. The molecule has 0 aromatic rings. The number of hydrogen-bond donors (Lipinski definition) is 1. The molecule has 0 heterocycles. The van der Waals surface area contributed by atoms with E-state index in [0.29, 0.717) is 6.04 Å². The molecule has 0 saturated heterocycles. The molecule has 0 aromatic carbocycles. The van der Waals surface area contributed by atoms with Crippen molar-refractivity contribution in [2.24, 2.45) is 0 Å². The second-order valence-electron chi connectivity index (χ2n) is 2.27. The lowest BCUT2D eigenvalue weighted by Gasteiger charge is -2.08. The summed E-state index contributed by atoms with van der Waals surface area (Å²) >= 11 is 0. The van der Waals surface area contributed by atoms with E-state index in [0.717, 1.165) is 12.8 Å². The first-order valence-electron chi connectivity index (χ1n) is 3.75. The molecule has 1 N–H and O–H groups in total. The number of hydrogen-bond acceptors (Lipinski definition) is 1. The Hall–Kier alpha value is -0.370. The normalized spacial score (nSPS) is 14.3. The fourth-order valence-corrected chi connectivity index (χ4v) is 0.863. The van der Waals surface area contributed by atoms with Gasteiger partial charge in [0, 0.05) is 6.04 Å². The lowest BCUT2D eigenvalue weighted by molar-refractivity contribution is 0.552. The minimum absolute atomic E-state index is 0.348. The molecule has 0 aliphatic rings. The predicted molar refractivity (Wildman–Crippen MR) is 42.9 cm³/mol. The van der Waals surface area contributed by atoms with Gasteiger partial charge in [0.15, 0.2) is 0 Å². The van der Waals surface area contributed by atoms with Crippen LogP contribution in [-0.4, -0.2) is 19.8 Å². The van der Waals surface area contributed by atoms with E-state index in [1.165, 1.54) is 0 Å². The third kappa shape index (κ3) is 4.50. The highest BCUT2D eigenvalue weighted by Crippen LogP contribution is 1.96. The van der Waals surface area contributed by atoms with E-state index in [1.807, 2.05) is 13.1 Å². The van der Waals surface area contributed by atoms with E-state index in [-0.39, 0.29) is 6.67 Å². The zero-order chi connectivity index (χ0) is 7.82. The number of rotatable bonds is 5. The predicted octanol–water partition coefficient (Wildman–Crippen LogP) is 1.90. The summed E-state index contributed by atoms with van der Waals surface area (Å²) in [6, 6.07) is 0.348. The molecule has 0 radical (unpaired) electrons. The first-order chi connectivity index (χ1) is 4.85. The Balaban J connectivity index is 3.48. The number of allylic oxidation sites excluding steroid dienone is 1. The van der Waals surface area contributed by atoms with Crippen LogP contribution in [0.5, 0.6) is 0 Å². The molecule has 0 aliphatic heterocycles. The van der Waals surface area contributed by atoms with Gasteiger partial charge in [-0.25, -0.2) is 4.39 Å². The maximum absolute atomic E-state index is 11.6. The lowest BCUT2D eigenvalue weighted by atomic mass is 10.1. The van der Waals surface area contributed by atoms with Crippen LogP contribution in [0.25, 0.3) is 0 Å². The summed E-state index contributed by atoms with van der Waals surface area (Å²) in [7, 11) is 1.89. The Morgan fingerprint density at radius 2 is 2.30 bits per heavy atom. The third-order valence-electron chi connectivity index (χ3n) is 1.43. The summed E-state index contributed by atoms with van der Waals surface area (Å²) in [5.41, 5.74) is 0. The van der Waals surface area contributed by atoms with Crippen molar-refractivity contribution in [1.29, 1.82) is 0 Å². The number of alkyl halides is 1. The zero-order valence-electron chi connectivity index (χ0n) is 6.73. The van der Waals surface area contributed by atoms with Gasteiger partial charge in [-0.15, -0.1) is 0 Å². The molecule has 10 heavy (non-hydrogen) atoms. The molecule has 0 saturated carbocycles. The van der Waals surface area contributed by atoms with Gasteiger partial charge < -0.3 is 5.32 Å². The van der Waals surface area contributed by atoms with Crippen molar-refractivity contribution in [2.75, 3.05) is 13.7 Å². The quantitative estimate of drug-likeness (QED) is 0.583. The molecule has 0 bridgehead atoms. The molecule has 1 atom stereocenters. The summed E-state index contributed by atoms with van der Waals surface area (Å²) in [6.45, 7) is 1.76. The largest absolute Gasteiger partial charge is 0.314 e. The second-order valence-corrected chi connectivity index (χ2v) is 2.27. The third-order valence-corrected chi connectivity index (χ3v) is 1.43. The minimum atomic E-state index is -0.359. The van der Waals surface area contributed by atoms with E-state index < -0.39 is 0 Å². The van der Waals surface area contributed by atoms with Gasteiger partial charge in [0.1, 0.15) is 6.67 Å². The van der Waals surface area contributed by atoms with Crippen molar-refractivity contribution in [3.05, 3.63) is 12.2 Å². The van der Waals surface area contributed by atoms with Crippen molar-refractivity contribution in [2.45, 2.75) is 25.8 Å².